The molecule has 0 amide bonds. The minimum absolute atomic E-state index is 0.0684. The van der Waals surface area contributed by atoms with Gasteiger partial charge < -0.3 is 20.1 Å². The van der Waals surface area contributed by atoms with Crippen molar-refractivity contribution in [1.82, 2.24) is 10.3 Å². The van der Waals surface area contributed by atoms with Crippen LogP contribution < -0.4 is 10.2 Å². The molecule has 1 saturated heterocycles. The molecule has 0 aromatic carbocycles. The second-order valence-corrected chi connectivity index (χ2v) is 5.26. The van der Waals surface area contributed by atoms with Crippen LogP contribution in [-0.4, -0.2) is 48.5 Å². The zero-order valence-electron chi connectivity index (χ0n) is 11.1. The van der Waals surface area contributed by atoms with E-state index >= 15 is 0 Å². The summed E-state index contributed by atoms with van der Waals surface area (Å²) < 4.78 is 5.49. The fourth-order valence-electron chi connectivity index (χ4n) is 2.42. The summed E-state index contributed by atoms with van der Waals surface area (Å²) >= 11 is 0. The first-order valence-electron chi connectivity index (χ1n) is 7.01. The van der Waals surface area contributed by atoms with Crippen molar-refractivity contribution in [3.63, 3.8) is 0 Å². The van der Waals surface area contributed by atoms with E-state index in [1.807, 2.05) is 12.3 Å². The number of nitrogens with one attached hydrogen (secondary N) is 1. The first-order valence-corrected chi connectivity index (χ1v) is 7.01. The second-order valence-electron chi connectivity index (χ2n) is 5.26. The number of nitrogens with zero attached hydrogens (tertiary/aromatic N) is 2. The Balaban J connectivity index is 1.70. The van der Waals surface area contributed by atoms with Crippen LogP contribution in [0.4, 0.5) is 5.82 Å². The Labute approximate surface area is 113 Å². The van der Waals surface area contributed by atoms with Gasteiger partial charge in [-0.3, -0.25) is 0 Å². The minimum atomic E-state index is -0.0972. The molecule has 104 valence electrons. The molecule has 2 N–H and O–H groups in total. The molecular formula is C14H21N3O2. The predicted molar refractivity (Wildman–Crippen MR) is 73.1 cm³/mol. The Kier molecular flexibility index (Phi) is 3.96. The third-order valence-electron chi connectivity index (χ3n) is 3.67. The van der Waals surface area contributed by atoms with Gasteiger partial charge in [0.15, 0.2) is 0 Å². The van der Waals surface area contributed by atoms with Crippen LogP contribution in [0.15, 0.2) is 18.3 Å². The monoisotopic (exact) mass is 263 g/mol. The summed E-state index contributed by atoms with van der Waals surface area (Å²) in [5.74, 6) is 1.03. The molecule has 19 heavy (non-hydrogen) atoms. The van der Waals surface area contributed by atoms with Gasteiger partial charge in [-0.1, -0.05) is 6.07 Å². The van der Waals surface area contributed by atoms with Crippen LogP contribution in [-0.2, 0) is 11.3 Å². The Bertz CT molecular complexity index is 423. The lowest BCUT2D eigenvalue weighted by molar-refractivity contribution is 0.00331. The topological polar surface area (TPSA) is 57.6 Å². The van der Waals surface area contributed by atoms with Crippen molar-refractivity contribution >= 4 is 5.82 Å². The number of aromatic nitrogens is 1. The normalized spacial score (nSPS) is 23.6. The summed E-state index contributed by atoms with van der Waals surface area (Å²) in [5.41, 5.74) is 1.23. The van der Waals surface area contributed by atoms with Crippen LogP contribution in [0.5, 0.6) is 0 Å². The van der Waals surface area contributed by atoms with Gasteiger partial charge in [-0.2, -0.15) is 0 Å². The van der Waals surface area contributed by atoms with Gasteiger partial charge in [-0.15, -0.1) is 0 Å². The number of aliphatic hydroxyl groups is 1. The summed E-state index contributed by atoms with van der Waals surface area (Å²) in [4.78, 5) is 6.73. The van der Waals surface area contributed by atoms with E-state index in [9.17, 15) is 5.11 Å². The first kappa shape index (κ1) is 12.8. The molecule has 3 rings (SSSR count). The maximum atomic E-state index is 9.23. The van der Waals surface area contributed by atoms with Gasteiger partial charge in [0.1, 0.15) is 5.82 Å². The lowest BCUT2D eigenvalue weighted by Crippen LogP contribution is -2.45. The van der Waals surface area contributed by atoms with Crippen LogP contribution in [0.3, 0.4) is 0 Å². The molecule has 2 fully saturated rings. The van der Waals surface area contributed by atoms with Gasteiger partial charge in [-0.25, -0.2) is 4.98 Å². The second kappa shape index (κ2) is 5.86. The van der Waals surface area contributed by atoms with Gasteiger partial charge >= 0.3 is 0 Å². The van der Waals surface area contributed by atoms with Crippen molar-refractivity contribution in [2.75, 3.05) is 31.2 Å². The van der Waals surface area contributed by atoms with Crippen molar-refractivity contribution in [3.05, 3.63) is 23.9 Å². The van der Waals surface area contributed by atoms with E-state index in [-0.39, 0.29) is 12.7 Å². The molecule has 1 aromatic heterocycles. The van der Waals surface area contributed by atoms with E-state index < -0.39 is 0 Å². The molecule has 5 nitrogen and oxygen atoms in total. The lowest BCUT2D eigenvalue weighted by atomic mass is 10.2. The molecule has 5 heteroatoms. The van der Waals surface area contributed by atoms with E-state index in [0.717, 1.165) is 18.9 Å². The predicted octanol–water partition coefficient (Wildman–Crippen LogP) is 0.531. The number of hydrogen-bond acceptors (Lipinski definition) is 5. The van der Waals surface area contributed by atoms with Gasteiger partial charge in [0.25, 0.3) is 0 Å². The van der Waals surface area contributed by atoms with Gasteiger partial charge in [0.05, 0.1) is 19.3 Å². The van der Waals surface area contributed by atoms with E-state index in [0.29, 0.717) is 19.2 Å². The van der Waals surface area contributed by atoms with Gasteiger partial charge in [0, 0.05) is 37.4 Å². The molecule has 1 saturated carbocycles. The van der Waals surface area contributed by atoms with Crippen molar-refractivity contribution < 1.29 is 9.84 Å². The Morgan fingerprint density at radius 1 is 1.47 bits per heavy atom. The molecule has 1 aliphatic heterocycles. The maximum Gasteiger partial charge on any atom is 0.133 e. The Morgan fingerprint density at radius 2 is 2.37 bits per heavy atom. The Hall–Kier alpha value is -1.17. The number of hydrogen-bond donors (Lipinski definition) is 2. The van der Waals surface area contributed by atoms with Crippen molar-refractivity contribution in [2.45, 2.75) is 31.5 Å². The van der Waals surface area contributed by atoms with Crippen LogP contribution in [0.1, 0.15) is 18.4 Å². The highest BCUT2D eigenvalue weighted by molar-refractivity contribution is 5.47. The number of pyridine rings is 1. The number of ether oxygens (including phenoxy) is 1. The summed E-state index contributed by atoms with van der Waals surface area (Å²) in [5, 5.41) is 12.8. The molecule has 1 atom stereocenters. The van der Waals surface area contributed by atoms with Gasteiger partial charge in [0.2, 0.25) is 0 Å². The molecule has 2 aliphatic rings. The van der Waals surface area contributed by atoms with Crippen molar-refractivity contribution in [1.29, 1.82) is 0 Å². The lowest BCUT2D eigenvalue weighted by Gasteiger charge is -2.34. The molecule has 1 aliphatic carbocycles. The average molecular weight is 263 g/mol. The first-order chi connectivity index (χ1) is 9.36. The molecule has 1 aromatic rings. The largest absolute Gasteiger partial charge is 0.394 e. The summed E-state index contributed by atoms with van der Waals surface area (Å²) in [6.07, 6.45) is 4.32. The fraction of sp³-hybridized carbons (Fsp3) is 0.643. The number of rotatable bonds is 5. The number of morpholine rings is 1. The van der Waals surface area contributed by atoms with Crippen LogP contribution >= 0.6 is 0 Å². The zero-order chi connectivity index (χ0) is 13.1. The third kappa shape index (κ3) is 3.23. The van der Waals surface area contributed by atoms with E-state index in [2.05, 4.69) is 21.3 Å². The highest BCUT2D eigenvalue weighted by Crippen LogP contribution is 2.23. The molecule has 0 radical (unpaired) electrons. The molecule has 0 bridgehead atoms. The minimum Gasteiger partial charge on any atom is -0.394 e. The van der Waals surface area contributed by atoms with Crippen molar-refractivity contribution in [3.8, 4) is 0 Å². The number of aliphatic hydroxyl groups excluding tert-OH is 1. The highest BCUT2D eigenvalue weighted by atomic mass is 16.5. The molecule has 1 unspecified atom stereocenters. The van der Waals surface area contributed by atoms with Crippen LogP contribution in [0.2, 0.25) is 0 Å². The summed E-state index contributed by atoms with van der Waals surface area (Å²) in [6.45, 7) is 3.14. The maximum absolute atomic E-state index is 9.23. The van der Waals surface area contributed by atoms with Gasteiger partial charge in [-0.05, 0) is 18.9 Å². The SMILES string of the molecule is OCC1CN(c2ncccc2CNC2CC2)CCO1. The molecule has 2 heterocycles. The van der Waals surface area contributed by atoms with E-state index in [1.54, 1.807) is 0 Å². The molecular weight excluding hydrogens is 242 g/mol. The quantitative estimate of drug-likeness (QED) is 0.811. The highest BCUT2D eigenvalue weighted by Gasteiger charge is 2.24. The van der Waals surface area contributed by atoms with Crippen molar-refractivity contribution in [2.24, 2.45) is 0 Å². The summed E-state index contributed by atoms with van der Waals surface area (Å²) in [6, 6.07) is 4.81. The fourth-order valence-corrected chi connectivity index (χ4v) is 2.42. The smallest absolute Gasteiger partial charge is 0.133 e. The standard InChI is InChI=1S/C14H21N3O2/c18-10-13-9-17(6-7-19-13)14-11(2-1-5-15-14)8-16-12-3-4-12/h1-2,5,12-13,16,18H,3-4,6-10H2. The zero-order valence-corrected chi connectivity index (χ0v) is 11.1. The summed E-state index contributed by atoms with van der Waals surface area (Å²) in [7, 11) is 0. The van der Waals surface area contributed by atoms with E-state index in [1.165, 1.54) is 18.4 Å². The van der Waals surface area contributed by atoms with Crippen LogP contribution in [0.25, 0.3) is 0 Å². The third-order valence-corrected chi connectivity index (χ3v) is 3.67. The average Bonchev–Trinajstić information content (AvgIpc) is 3.30. The number of anilines is 1. The van der Waals surface area contributed by atoms with E-state index in [4.69, 9.17) is 4.74 Å². The Morgan fingerprint density at radius 3 is 3.16 bits per heavy atom. The van der Waals surface area contributed by atoms with Crippen LogP contribution in [0, 0.1) is 0 Å². The molecule has 0 spiro atoms.